The molecule has 3 aromatic carbocycles. The average Bonchev–Trinajstić information content (AvgIpc) is 3.06. The molecule has 2 amide bonds. The van der Waals surface area contributed by atoms with Crippen molar-refractivity contribution < 1.29 is 23.9 Å². The van der Waals surface area contributed by atoms with E-state index in [0.29, 0.717) is 11.1 Å². The van der Waals surface area contributed by atoms with Gasteiger partial charge in [0.2, 0.25) is 11.8 Å². The number of hydrogen-bond acceptors (Lipinski definition) is 3. The van der Waals surface area contributed by atoms with Gasteiger partial charge in [0.25, 0.3) is 0 Å². The first-order chi connectivity index (χ1) is 15.4. The fraction of sp³-hybridized carbons (Fsp3) is 0.160. The van der Waals surface area contributed by atoms with E-state index < -0.39 is 46.8 Å². The van der Waals surface area contributed by atoms with E-state index in [-0.39, 0.29) is 10.7 Å². The first-order valence-electron chi connectivity index (χ1n) is 10.1. The molecule has 2 bridgehead atoms. The predicted octanol–water partition coefficient (Wildman–Crippen LogP) is 4.11. The molecule has 7 rings (SSSR count). The summed E-state index contributed by atoms with van der Waals surface area (Å²) in [5.41, 5.74) is 1.01. The smallest absolute Gasteiger partial charge is 0.319 e. The number of carbonyl (C=O) groups is 3. The molecule has 1 heterocycles. The molecule has 1 aliphatic heterocycles. The van der Waals surface area contributed by atoms with Gasteiger partial charge in [0, 0.05) is 5.92 Å². The number of imide groups is 1. The lowest BCUT2D eigenvalue weighted by atomic mass is 9.47. The molecule has 3 aliphatic carbocycles. The van der Waals surface area contributed by atoms with E-state index >= 15 is 0 Å². The summed E-state index contributed by atoms with van der Waals surface area (Å²) in [5.74, 6) is -5.41. The summed E-state index contributed by atoms with van der Waals surface area (Å²) in [4.78, 5) is 41.5. The number of rotatable bonds is 2. The minimum absolute atomic E-state index is 0.133. The molecule has 1 saturated heterocycles. The fourth-order valence-electron chi connectivity index (χ4n) is 6.01. The van der Waals surface area contributed by atoms with Gasteiger partial charge in [0.15, 0.2) is 0 Å². The minimum Gasteiger partial charge on any atom is -0.480 e. The zero-order chi connectivity index (χ0) is 22.4. The predicted molar refractivity (Wildman–Crippen MR) is 114 cm³/mol. The van der Waals surface area contributed by atoms with Crippen molar-refractivity contribution in [1.29, 1.82) is 0 Å². The molecule has 1 fully saturated rings. The number of nitrogens with zero attached hydrogens (tertiary/aromatic N) is 1. The molecule has 0 saturated carbocycles. The highest BCUT2D eigenvalue weighted by atomic mass is 35.5. The lowest BCUT2D eigenvalue weighted by molar-refractivity contribution is -0.149. The number of carboxylic acid groups (broad SMARTS) is 1. The van der Waals surface area contributed by atoms with E-state index in [0.717, 1.165) is 22.1 Å². The molecule has 3 aromatic rings. The van der Waals surface area contributed by atoms with Gasteiger partial charge in [-0.25, -0.2) is 9.29 Å². The monoisotopic (exact) mass is 447 g/mol. The van der Waals surface area contributed by atoms with E-state index in [9.17, 15) is 23.9 Å². The van der Waals surface area contributed by atoms with Gasteiger partial charge in [0.1, 0.15) is 11.2 Å². The zero-order valence-electron chi connectivity index (χ0n) is 16.5. The van der Waals surface area contributed by atoms with Crippen molar-refractivity contribution in [2.24, 2.45) is 11.8 Å². The molecule has 4 aliphatic rings. The van der Waals surface area contributed by atoms with Gasteiger partial charge in [0.05, 0.1) is 22.5 Å². The maximum Gasteiger partial charge on any atom is 0.319 e. The standard InChI is InChI=1S/C25H15ClFNO4/c26-17-11-12(9-10-18(17)27)28-22(29)20-19-13-5-1-3-7-15(13)25(24(31)32,21(20)23(28)30)16-8-4-2-6-14(16)19/h1-11,19-21H,(H,31,32)/t19?,20-,21+,25?/m1/s1. The van der Waals surface area contributed by atoms with Crippen LogP contribution in [-0.2, 0) is 19.8 Å². The third kappa shape index (κ3) is 2.06. The summed E-state index contributed by atoms with van der Waals surface area (Å²) >= 11 is 5.92. The summed E-state index contributed by atoms with van der Waals surface area (Å²) in [7, 11) is 0. The number of amides is 2. The van der Waals surface area contributed by atoms with Gasteiger partial charge in [-0.15, -0.1) is 0 Å². The molecule has 0 spiro atoms. The molecular weight excluding hydrogens is 433 g/mol. The van der Waals surface area contributed by atoms with Gasteiger partial charge in [-0.1, -0.05) is 60.1 Å². The largest absolute Gasteiger partial charge is 0.480 e. The van der Waals surface area contributed by atoms with Crippen molar-refractivity contribution >= 4 is 35.1 Å². The van der Waals surface area contributed by atoms with Crippen LogP contribution in [0.3, 0.4) is 0 Å². The summed E-state index contributed by atoms with van der Waals surface area (Å²) in [6, 6.07) is 17.9. The second-order valence-corrected chi connectivity index (χ2v) is 8.79. The second kappa shape index (κ2) is 6.26. The van der Waals surface area contributed by atoms with Crippen LogP contribution in [0.5, 0.6) is 0 Å². The molecule has 1 N–H and O–H groups in total. The van der Waals surface area contributed by atoms with Crippen LogP contribution in [0.15, 0.2) is 66.7 Å². The number of carboxylic acids is 1. The highest BCUT2D eigenvalue weighted by Crippen LogP contribution is 2.64. The zero-order valence-corrected chi connectivity index (χ0v) is 17.2. The Kier molecular flexibility index (Phi) is 3.76. The molecular formula is C25H15ClFNO4. The molecule has 2 atom stereocenters. The fourth-order valence-corrected chi connectivity index (χ4v) is 6.19. The maximum absolute atomic E-state index is 13.8. The van der Waals surface area contributed by atoms with Crippen molar-refractivity contribution in [3.63, 3.8) is 0 Å². The Bertz CT molecular complexity index is 1320. The van der Waals surface area contributed by atoms with Gasteiger partial charge < -0.3 is 5.11 Å². The van der Waals surface area contributed by atoms with Crippen molar-refractivity contribution in [3.8, 4) is 0 Å². The number of hydrogen-bond donors (Lipinski definition) is 1. The average molecular weight is 448 g/mol. The highest BCUT2D eigenvalue weighted by Gasteiger charge is 2.71. The molecule has 7 heteroatoms. The number of benzene rings is 3. The number of halogens is 2. The van der Waals surface area contributed by atoms with E-state index in [1.165, 1.54) is 12.1 Å². The van der Waals surface area contributed by atoms with Crippen LogP contribution in [0, 0.1) is 17.7 Å². The number of carbonyl (C=O) groups excluding carboxylic acids is 2. The van der Waals surface area contributed by atoms with Gasteiger partial charge in [-0.05, 0) is 40.5 Å². The third-order valence-electron chi connectivity index (χ3n) is 7.12. The Balaban J connectivity index is 1.66. The Morgan fingerprint density at radius 2 is 1.53 bits per heavy atom. The summed E-state index contributed by atoms with van der Waals surface area (Å²) in [6.45, 7) is 0. The van der Waals surface area contributed by atoms with E-state index in [1.54, 1.807) is 24.3 Å². The van der Waals surface area contributed by atoms with Crippen molar-refractivity contribution in [2.75, 3.05) is 4.90 Å². The maximum atomic E-state index is 13.8. The van der Waals surface area contributed by atoms with Crippen LogP contribution in [0.1, 0.15) is 28.2 Å². The molecule has 0 unspecified atom stereocenters. The SMILES string of the molecule is O=C1[C@@H]2C3c4ccccc4C(C(=O)O)(c4ccccc43)[C@@H]2C(=O)N1c1ccc(F)c(Cl)c1. The van der Waals surface area contributed by atoms with Crippen LogP contribution in [0.25, 0.3) is 0 Å². The Morgan fingerprint density at radius 1 is 0.938 bits per heavy atom. The Morgan fingerprint density at radius 3 is 2.09 bits per heavy atom. The van der Waals surface area contributed by atoms with E-state index in [4.69, 9.17) is 11.6 Å². The van der Waals surface area contributed by atoms with Gasteiger partial charge >= 0.3 is 5.97 Å². The summed E-state index contributed by atoms with van der Waals surface area (Å²) < 4.78 is 13.7. The topological polar surface area (TPSA) is 74.7 Å². The lowest BCUT2D eigenvalue weighted by Crippen LogP contribution is -2.57. The lowest BCUT2D eigenvalue weighted by Gasteiger charge is -2.51. The number of anilines is 1. The van der Waals surface area contributed by atoms with Crippen molar-refractivity contribution in [2.45, 2.75) is 11.3 Å². The second-order valence-electron chi connectivity index (χ2n) is 8.38. The molecule has 5 nitrogen and oxygen atoms in total. The summed E-state index contributed by atoms with van der Waals surface area (Å²) in [5, 5.41) is 10.4. The Labute approximate surface area is 187 Å². The van der Waals surface area contributed by atoms with Gasteiger partial charge in [-0.2, -0.15) is 0 Å². The number of aliphatic carboxylic acids is 1. The van der Waals surface area contributed by atoms with E-state index in [2.05, 4.69) is 0 Å². The van der Waals surface area contributed by atoms with Crippen LogP contribution < -0.4 is 4.90 Å². The van der Waals surface area contributed by atoms with Crippen LogP contribution in [-0.4, -0.2) is 22.9 Å². The normalized spacial score (nSPS) is 27.2. The molecule has 0 radical (unpaired) electrons. The molecule has 0 aromatic heterocycles. The third-order valence-corrected chi connectivity index (χ3v) is 7.41. The van der Waals surface area contributed by atoms with E-state index in [1.807, 2.05) is 24.3 Å². The van der Waals surface area contributed by atoms with Gasteiger partial charge in [-0.3, -0.25) is 14.4 Å². The quantitative estimate of drug-likeness (QED) is 0.600. The van der Waals surface area contributed by atoms with Crippen molar-refractivity contribution in [3.05, 3.63) is 99.8 Å². The van der Waals surface area contributed by atoms with Crippen LogP contribution in [0.2, 0.25) is 5.02 Å². The first-order valence-corrected chi connectivity index (χ1v) is 10.5. The van der Waals surface area contributed by atoms with Crippen molar-refractivity contribution in [1.82, 2.24) is 0 Å². The van der Waals surface area contributed by atoms with Crippen LogP contribution in [0.4, 0.5) is 10.1 Å². The minimum atomic E-state index is -1.70. The molecule has 158 valence electrons. The Hall–Kier alpha value is -3.51. The van der Waals surface area contributed by atoms with Crippen LogP contribution >= 0.6 is 11.6 Å². The highest BCUT2D eigenvalue weighted by molar-refractivity contribution is 6.32. The molecule has 32 heavy (non-hydrogen) atoms. The summed E-state index contributed by atoms with van der Waals surface area (Å²) in [6.07, 6.45) is 0. The first kappa shape index (κ1) is 19.2.